The average molecular weight is 332 g/mol. The molecule has 0 spiro atoms. The van der Waals surface area contributed by atoms with Gasteiger partial charge in [-0.1, -0.05) is 26.0 Å². The fraction of sp³-hybridized carbons (Fsp3) is 0.333. The number of fused-ring (bicyclic) bond motifs is 2. The lowest BCUT2D eigenvalue weighted by molar-refractivity contribution is 0.861. The molecule has 4 aromatic rings. The van der Waals surface area contributed by atoms with E-state index in [-0.39, 0.29) is 0 Å². The van der Waals surface area contributed by atoms with Crippen molar-refractivity contribution in [2.45, 2.75) is 46.0 Å². The van der Waals surface area contributed by atoms with Crippen molar-refractivity contribution < 1.29 is 0 Å². The highest BCUT2D eigenvalue weighted by Crippen LogP contribution is 2.20. The summed E-state index contributed by atoms with van der Waals surface area (Å²) < 4.78 is 0. The van der Waals surface area contributed by atoms with Crippen LogP contribution in [0, 0.1) is 0 Å². The summed E-state index contributed by atoms with van der Waals surface area (Å²) in [5, 5.41) is 0. The Hall–Kier alpha value is -2.62. The van der Waals surface area contributed by atoms with Crippen LogP contribution >= 0.6 is 0 Å². The molecule has 4 nitrogen and oxygen atoms in total. The van der Waals surface area contributed by atoms with E-state index in [0.717, 1.165) is 65.8 Å². The average Bonchev–Trinajstić information content (AvgIpc) is 3.17. The highest BCUT2D eigenvalue weighted by atomic mass is 14.9. The first kappa shape index (κ1) is 15.9. The number of imidazole rings is 2. The second-order valence-corrected chi connectivity index (χ2v) is 6.75. The van der Waals surface area contributed by atoms with E-state index in [9.17, 15) is 0 Å². The molecule has 4 heteroatoms. The topological polar surface area (TPSA) is 57.4 Å². The summed E-state index contributed by atoms with van der Waals surface area (Å²) in [5.41, 5.74) is 6.97. The molecule has 128 valence electrons. The molecule has 0 atom stereocenters. The number of H-pyrrole nitrogens is 2. The first-order valence-electron chi connectivity index (χ1n) is 9.20. The molecular weight excluding hydrogens is 308 g/mol. The van der Waals surface area contributed by atoms with Crippen LogP contribution in [0.3, 0.4) is 0 Å². The number of hydrogen-bond acceptors (Lipinski definition) is 2. The third-order valence-corrected chi connectivity index (χ3v) is 4.57. The normalized spacial score (nSPS) is 11.6. The van der Waals surface area contributed by atoms with Crippen molar-refractivity contribution in [2.24, 2.45) is 0 Å². The molecule has 0 aliphatic heterocycles. The van der Waals surface area contributed by atoms with Crippen molar-refractivity contribution >= 4 is 22.1 Å². The molecule has 2 N–H and O–H groups in total. The summed E-state index contributed by atoms with van der Waals surface area (Å²) in [4.78, 5) is 16.2. The van der Waals surface area contributed by atoms with Crippen LogP contribution in [0.25, 0.3) is 22.1 Å². The highest BCUT2D eigenvalue weighted by molar-refractivity contribution is 5.77. The lowest BCUT2D eigenvalue weighted by Gasteiger charge is -2.02. The van der Waals surface area contributed by atoms with Gasteiger partial charge in [-0.3, -0.25) is 0 Å². The predicted molar refractivity (Wildman–Crippen MR) is 103 cm³/mol. The van der Waals surface area contributed by atoms with Gasteiger partial charge in [0, 0.05) is 12.8 Å². The molecule has 0 bridgehead atoms. The van der Waals surface area contributed by atoms with Crippen LogP contribution in [-0.4, -0.2) is 19.9 Å². The van der Waals surface area contributed by atoms with Gasteiger partial charge in [-0.2, -0.15) is 0 Å². The van der Waals surface area contributed by atoms with Crippen molar-refractivity contribution in [1.82, 2.24) is 19.9 Å². The molecule has 4 rings (SSSR count). The van der Waals surface area contributed by atoms with Crippen LogP contribution in [-0.2, 0) is 19.3 Å². The summed E-state index contributed by atoms with van der Waals surface area (Å²) in [5.74, 6) is 2.16. The minimum atomic E-state index is 0.913. The number of benzene rings is 2. The van der Waals surface area contributed by atoms with Gasteiger partial charge in [0.1, 0.15) is 11.6 Å². The number of hydrogen-bond donors (Lipinski definition) is 2. The molecule has 0 aliphatic carbocycles. The molecule has 0 saturated carbocycles. The van der Waals surface area contributed by atoms with E-state index in [0.29, 0.717) is 0 Å². The first-order valence-corrected chi connectivity index (χ1v) is 9.20. The van der Waals surface area contributed by atoms with Gasteiger partial charge in [0.15, 0.2) is 0 Å². The molecule has 0 aliphatic rings. The quantitative estimate of drug-likeness (QED) is 0.526. The molecule has 2 aromatic heterocycles. The summed E-state index contributed by atoms with van der Waals surface area (Å²) >= 11 is 0. The number of aromatic amines is 2. The Balaban J connectivity index is 1.60. The largest absolute Gasteiger partial charge is 0.342 e. The Bertz CT molecular complexity index is 927. The van der Waals surface area contributed by atoms with Crippen molar-refractivity contribution in [3.05, 3.63) is 59.2 Å². The Kier molecular flexibility index (Phi) is 4.26. The van der Waals surface area contributed by atoms with E-state index in [1.807, 2.05) is 0 Å². The molecule has 0 unspecified atom stereocenters. The van der Waals surface area contributed by atoms with Gasteiger partial charge < -0.3 is 9.97 Å². The zero-order chi connectivity index (χ0) is 17.2. The van der Waals surface area contributed by atoms with Crippen LogP contribution in [0.2, 0.25) is 0 Å². The van der Waals surface area contributed by atoms with E-state index in [1.165, 1.54) is 11.1 Å². The Morgan fingerprint density at radius 1 is 0.720 bits per heavy atom. The third-order valence-electron chi connectivity index (χ3n) is 4.57. The van der Waals surface area contributed by atoms with Gasteiger partial charge in [0.2, 0.25) is 0 Å². The number of aryl methyl sites for hydroxylation is 2. The van der Waals surface area contributed by atoms with E-state index in [4.69, 9.17) is 0 Å². The zero-order valence-corrected chi connectivity index (χ0v) is 14.9. The Labute approximate surface area is 147 Å². The minimum Gasteiger partial charge on any atom is -0.342 e. The minimum absolute atomic E-state index is 0.913. The zero-order valence-electron chi connectivity index (χ0n) is 14.9. The maximum absolute atomic E-state index is 4.64. The van der Waals surface area contributed by atoms with Crippen LogP contribution in [0.15, 0.2) is 36.4 Å². The molecular formula is C21H24N4. The molecule has 2 heterocycles. The molecule has 0 fully saturated rings. The lowest BCUT2D eigenvalue weighted by atomic mass is 10.0. The second kappa shape index (κ2) is 6.71. The summed E-state index contributed by atoms with van der Waals surface area (Å²) in [7, 11) is 0. The Morgan fingerprint density at radius 2 is 1.20 bits per heavy atom. The lowest BCUT2D eigenvalue weighted by Crippen LogP contribution is -1.88. The van der Waals surface area contributed by atoms with Crippen LogP contribution < -0.4 is 0 Å². The standard InChI is InChI=1S/C21H24N4/c1-3-5-20-22-16-9-7-14(12-18(16)24-20)11-15-8-10-17-19(13-15)25-21(23-17)6-4-2/h7-10,12-13H,3-6,11H2,1-2H3,(H,22,24)(H,23,25). The van der Waals surface area contributed by atoms with E-state index in [2.05, 4.69) is 70.2 Å². The molecule has 0 radical (unpaired) electrons. The number of aromatic nitrogens is 4. The maximum atomic E-state index is 4.64. The van der Waals surface area contributed by atoms with Crippen LogP contribution in [0.1, 0.15) is 49.5 Å². The van der Waals surface area contributed by atoms with Crippen molar-refractivity contribution in [1.29, 1.82) is 0 Å². The van der Waals surface area contributed by atoms with E-state index >= 15 is 0 Å². The van der Waals surface area contributed by atoms with Gasteiger partial charge in [-0.05, 0) is 54.7 Å². The van der Waals surface area contributed by atoms with Gasteiger partial charge in [0.05, 0.1) is 22.1 Å². The number of nitrogens with one attached hydrogen (secondary N) is 2. The third kappa shape index (κ3) is 3.29. The predicted octanol–water partition coefficient (Wildman–Crippen LogP) is 4.94. The fourth-order valence-electron chi connectivity index (χ4n) is 3.39. The van der Waals surface area contributed by atoms with Crippen molar-refractivity contribution in [3.63, 3.8) is 0 Å². The second-order valence-electron chi connectivity index (χ2n) is 6.75. The van der Waals surface area contributed by atoms with Crippen molar-refractivity contribution in [3.8, 4) is 0 Å². The smallest absolute Gasteiger partial charge is 0.107 e. The summed E-state index contributed by atoms with van der Waals surface area (Å²) in [6.45, 7) is 4.35. The summed E-state index contributed by atoms with van der Waals surface area (Å²) in [6, 6.07) is 13.0. The van der Waals surface area contributed by atoms with Crippen molar-refractivity contribution in [2.75, 3.05) is 0 Å². The van der Waals surface area contributed by atoms with Gasteiger partial charge in [-0.25, -0.2) is 9.97 Å². The van der Waals surface area contributed by atoms with Gasteiger partial charge in [-0.15, -0.1) is 0 Å². The van der Waals surface area contributed by atoms with Gasteiger partial charge in [0.25, 0.3) is 0 Å². The first-order chi connectivity index (χ1) is 12.2. The fourth-order valence-corrected chi connectivity index (χ4v) is 3.39. The molecule has 25 heavy (non-hydrogen) atoms. The van der Waals surface area contributed by atoms with Crippen LogP contribution in [0.4, 0.5) is 0 Å². The highest BCUT2D eigenvalue weighted by Gasteiger charge is 2.06. The maximum Gasteiger partial charge on any atom is 0.107 e. The van der Waals surface area contributed by atoms with E-state index < -0.39 is 0 Å². The van der Waals surface area contributed by atoms with Gasteiger partial charge >= 0.3 is 0 Å². The van der Waals surface area contributed by atoms with E-state index in [1.54, 1.807) is 0 Å². The molecule has 0 amide bonds. The van der Waals surface area contributed by atoms with Crippen LogP contribution in [0.5, 0.6) is 0 Å². The summed E-state index contributed by atoms with van der Waals surface area (Å²) in [6.07, 6.45) is 5.13. The Morgan fingerprint density at radius 3 is 1.64 bits per heavy atom. The number of rotatable bonds is 6. The monoisotopic (exact) mass is 332 g/mol. The molecule has 2 aromatic carbocycles. The number of nitrogens with zero attached hydrogens (tertiary/aromatic N) is 2. The molecule has 0 saturated heterocycles. The SMILES string of the molecule is CCCc1nc2ccc(Cc3ccc4nc(CCC)[nH]c4c3)cc2[nH]1.